The van der Waals surface area contributed by atoms with E-state index in [1.54, 1.807) is 30.1 Å². The molecule has 4 aromatic rings. The summed E-state index contributed by atoms with van der Waals surface area (Å²) in [5.74, 6) is -1.18. The van der Waals surface area contributed by atoms with E-state index in [1.807, 2.05) is 18.2 Å². The van der Waals surface area contributed by atoms with Gasteiger partial charge in [-0.25, -0.2) is 12.8 Å². The van der Waals surface area contributed by atoms with Crippen molar-refractivity contribution in [3.8, 4) is 0 Å². The summed E-state index contributed by atoms with van der Waals surface area (Å²) in [5.41, 5.74) is 2.80. The monoisotopic (exact) mass is 480 g/mol. The van der Waals surface area contributed by atoms with Gasteiger partial charge in [-0.1, -0.05) is 18.2 Å². The molecule has 3 aromatic carbocycles. The topological polar surface area (TPSA) is 95.7 Å². The van der Waals surface area contributed by atoms with Crippen LogP contribution in [0.1, 0.15) is 5.56 Å². The normalized spacial score (nSPS) is 13.3. The zero-order chi connectivity index (χ0) is 24.0. The first-order chi connectivity index (χ1) is 16.3. The lowest BCUT2D eigenvalue weighted by Crippen LogP contribution is -2.29. The minimum absolute atomic E-state index is 0.161. The Morgan fingerprint density at radius 1 is 1.12 bits per heavy atom. The van der Waals surface area contributed by atoms with E-state index in [1.165, 1.54) is 39.3 Å². The average Bonchev–Trinajstić information content (AvgIpc) is 3.40. The van der Waals surface area contributed by atoms with Gasteiger partial charge in [-0.15, -0.1) is 0 Å². The maximum Gasteiger partial charge on any atom is 0.325 e. The highest BCUT2D eigenvalue weighted by atomic mass is 32.2. The predicted octanol–water partition coefficient (Wildman–Crippen LogP) is 3.78. The zero-order valence-corrected chi connectivity index (χ0v) is 19.0. The number of halogens is 1. The van der Waals surface area contributed by atoms with Crippen LogP contribution in [0.2, 0.25) is 0 Å². The quantitative estimate of drug-likeness (QED) is 0.451. The Hall–Kier alpha value is -3.92. The summed E-state index contributed by atoms with van der Waals surface area (Å²) in [6.07, 6.45) is 0.666. The minimum Gasteiger partial charge on any atom is -0.480 e. The van der Waals surface area contributed by atoms with E-state index >= 15 is 0 Å². The van der Waals surface area contributed by atoms with Gasteiger partial charge in [0.25, 0.3) is 10.0 Å². The molecule has 0 aliphatic carbocycles. The van der Waals surface area contributed by atoms with Crippen LogP contribution >= 0.6 is 0 Å². The van der Waals surface area contributed by atoms with Crippen LogP contribution in [0.25, 0.3) is 10.9 Å². The molecule has 0 amide bonds. The largest absolute Gasteiger partial charge is 0.480 e. The van der Waals surface area contributed by atoms with Gasteiger partial charge in [-0.3, -0.25) is 13.8 Å². The first-order valence-corrected chi connectivity index (χ1v) is 12.0. The van der Waals surface area contributed by atoms with E-state index in [2.05, 4.69) is 5.10 Å². The Balaban J connectivity index is 1.48. The molecule has 8 nitrogen and oxygen atoms in total. The van der Waals surface area contributed by atoms with E-state index in [9.17, 15) is 22.7 Å². The molecule has 0 radical (unpaired) electrons. The maximum absolute atomic E-state index is 13.9. The van der Waals surface area contributed by atoms with Gasteiger partial charge in [-0.2, -0.15) is 5.10 Å². The summed E-state index contributed by atoms with van der Waals surface area (Å²) >= 11 is 0. The molecule has 10 heteroatoms. The number of sulfonamides is 1. The van der Waals surface area contributed by atoms with Gasteiger partial charge < -0.3 is 10.0 Å². The van der Waals surface area contributed by atoms with Crippen molar-refractivity contribution in [3.05, 3.63) is 78.1 Å². The van der Waals surface area contributed by atoms with Gasteiger partial charge in [0.1, 0.15) is 12.4 Å². The number of nitrogens with zero attached hydrogens (tertiary/aromatic N) is 4. The molecule has 1 aromatic heterocycles. The predicted molar refractivity (Wildman–Crippen MR) is 127 cm³/mol. The molecule has 34 heavy (non-hydrogen) atoms. The molecule has 2 heterocycles. The van der Waals surface area contributed by atoms with Gasteiger partial charge in [0.2, 0.25) is 0 Å². The first-order valence-electron chi connectivity index (χ1n) is 10.6. The van der Waals surface area contributed by atoms with E-state index in [0.29, 0.717) is 41.1 Å². The third-order valence-corrected chi connectivity index (χ3v) is 7.78. The van der Waals surface area contributed by atoms with Crippen molar-refractivity contribution in [3.63, 3.8) is 0 Å². The molecule has 0 bridgehead atoms. The molecule has 1 aliphatic rings. The smallest absolute Gasteiger partial charge is 0.325 e. The third kappa shape index (κ3) is 3.65. The first kappa shape index (κ1) is 21.9. The fourth-order valence-electron chi connectivity index (χ4n) is 4.28. The fraction of sp³-hybridized carbons (Fsp3) is 0.167. The van der Waals surface area contributed by atoms with E-state index in [-0.39, 0.29) is 11.4 Å². The van der Waals surface area contributed by atoms with Gasteiger partial charge >= 0.3 is 5.97 Å². The fourth-order valence-corrected chi connectivity index (χ4v) is 5.78. The Morgan fingerprint density at radius 2 is 1.85 bits per heavy atom. The van der Waals surface area contributed by atoms with Crippen LogP contribution in [-0.2, 0) is 27.8 Å². The van der Waals surface area contributed by atoms with Gasteiger partial charge in [0.05, 0.1) is 16.1 Å². The van der Waals surface area contributed by atoms with Gasteiger partial charge in [-0.05, 0) is 60.5 Å². The Bertz CT molecular complexity index is 1520. The standard InChI is InChI=1S/C24H21FN4O4S/c1-27(24-20-14-17(25)6-11-22(20)28(26-24)15-23(30)31)18-7-9-19(10-8-18)34(32,33)29-13-12-16-4-2-3-5-21(16)29/h2-11,14H,12-13,15H2,1H3,(H,30,31). The molecule has 0 unspecified atom stereocenters. The van der Waals surface area contributed by atoms with Crippen molar-refractivity contribution in [1.29, 1.82) is 0 Å². The lowest BCUT2D eigenvalue weighted by Gasteiger charge is -2.21. The molecule has 0 saturated heterocycles. The second-order valence-electron chi connectivity index (χ2n) is 8.05. The minimum atomic E-state index is -3.73. The summed E-state index contributed by atoms with van der Waals surface area (Å²) in [4.78, 5) is 13.1. The van der Waals surface area contributed by atoms with Crippen LogP contribution in [0.5, 0.6) is 0 Å². The number of para-hydroxylation sites is 1. The number of benzene rings is 3. The number of hydrogen-bond acceptors (Lipinski definition) is 5. The number of carbonyl (C=O) groups is 1. The highest BCUT2D eigenvalue weighted by Crippen LogP contribution is 2.35. The molecule has 0 spiro atoms. The van der Waals surface area contributed by atoms with Crippen LogP contribution < -0.4 is 9.21 Å². The lowest BCUT2D eigenvalue weighted by molar-refractivity contribution is -0.137. The van der Waals surface area contributed by atoms with Crippen molar-refractivity contribution >= 4 is 44.1 Å². The van der Waals surface area contributed by atoms with Crippen molar-refractivity contribution < 1.29 is 22.7 Å². The summed E-state index contributed by atoms with van der Waals surface area (Å²) in [6.45, 7) is 0.0202. The second-order valence-corrected chi connectivity index (χ2v) is 9.91. The van der Waals surface area contributed by atoms with Crippen molar-refractivity contribution in [1.82, 2.24) is 9.78 Å². The Labute approximate surface area is 195 Å². The SMILES string of the molecule is CN(c1ccc(S(=O)(=O)N2CCc3ccccc32)cc1)c1nn(CC(=O)O)c2ccc(F)cc12. The summed E-state index contributed by atoms with van der Waals surface area (Å²) in [7, 11) is -2.02. The van der Waals surface area contributed by atoms with Crippen LogP contribution in [0.15, 0.2) is 71.6 Å². The third-order valence-electron chi connectivity index (χ3n) is 5.95. The Kier molecular flexibility index (Phi) is 5.24. The van der Waals surface area contributed by atoms with E-state index in [4.69, 9.17) is 0 Å². The summed E-state index contributed by atoms with van der Waals surface area (Å²) < 4.78 is 43.2. The molecule has 5 rings (SSSR count). The van der Waals surface area contributed by atoms with Crippen LogP contribution in [0.3, 0.4) is 0 Å². The summed E-state index contributed by atoms with van der Waals surface area (Å²) in [5, 5.41) is 14.0. The molecule has 0 atom stereocenters. The van der Waals surface area contributed by atoms with Crippen LogP contribution in [0, 0.1) is 5.82 Å². The molecule has 174 valence electrons. The van der Waals surface area contributed by atoms with Crippen molar-refractivity contribution in [2.45, 2.75) is 17.9 Å². The number of aromatic nitrogens is 2. The number of fused-ring (bicyclic) bond motifs is 2. The molecule has 0 saturated carbocycles. The van der Waals surface area contributed by atoms with Gasteiger partial charge in [0.15, 0.2) is 5.82 Å². The maximum atomic E-state index is 13.9. The van der Waals surface area contributed by atoms with E-state index < -0.39 is 21.8 Å². The zero-order valence-electron chi connectivity index (χ0n) is 18.2. The number of carboxylic acids is 1. The highest BCUT2D eigenvalue weighted by molar-refractivity contribution is 7.92. The molecular formula is C24H21FN4O4S. The number of hydrogen-bond donors (Lipinski definition) is 1. The van der Waals surface area contributed by atoms with Crippen molar-refractivity contribution in [2.24, 2.45) is 0 Å². The number of anilines is 3. The van der Waals surface area contributed by atoms with Crippen molar-refractivity contribution in [2.75, 3.05) is 22.8 Å². The highest BCUT2D eigenvalue weighted by Gasteiger charge is 2.30. The number of carboxylic acid groups (broad SMARTS) is 1. The van der Waals surface area contributed by atoms with Crippen LogP contribution in [0.4, 0.5) is 21.6 Å². The number of rotatable bonds is 6. The van der Waals surface area contributed by atoms with E-state index in [0.717, 1.165) is 5.56 Å². The van der Waals surface area contributed by atoms with Gasteiger partial charge in [0, 0.05) is 24.7 Å². The average molecular weight is 481 g/mol. The lowest BCUT2D eigenvalue weighted by atomic mass is 10.2. The summed E-state index contributed by atoms with van der Waals surface area (Å²) in [6, 6.07) is 17.8. The molecule has 1 N–H and O–H groups in total. The molecule has 0 fully saturated rings. The molecule has 1 aliphatic heterocycles. The molecular weight excluding hydrogens is 459 g/mol. The second kappa shape index (κ2) is 8.14. The number of aliphatic carboxylic acids is 1. The Morgan fingerprint density at radius 3 is 2.59 bits per heavy atom. The van der Waals surface area contributed by atoms with Crippen LogP contribution in [-0.4, -0.2) is 42.9 Å².